The van der Waals surface area contributed by atoms with Crippen LogP contribution in [-0.4, -0.2) is 44.7 Å². The molecule has 1 fully saturated rings. The van der Waals surface area contributed by atoms with Gasteiger partial charge in [-0.15, -0.1) is 0 Å². The monoisotopic (exact) mass is 311 g/mol. The predicted octanol–water partition coefficient (Wildman–Crippen LogP) is 3.97. The van der Waals surface area contributed by atoms with Crippen LogP contribution >= 0.6 is 0 Å². The molecular weight excluding hydrogens is 284 g/mol. The molecule has 0 amide bonds. The highest BCUT2D eigenvalue weighted by Crippen LogP contribution is 2.30. The fraction of sp³-hybridized carbons (Fsp3) is 0.450. The third kappa shape index (κ3) is 3.97. The van der Waals surface area contributed by atoms with Crippen molar-refractivity contribution in [3.05, 3.63) is 43.3 Å². The molecule has 23 heavy (non-hydrogen) atoms. The number of piperazine rings is 1. The summed E-state index contributed by atoms with van der Waals surface area (Å²) in [5.74, 6) is 0.975. The third-order valence-corrected chi connectivity index (χ3v) is 4.59. The molecule has 1 saturated heterocycles. The average Bonchev–Trinajstić information content (AvgIpc) is 2.59. The molecule has 0 spiro atoms. The van der Waals surface area contributed by atoms with Crippen molar-refractivity contribution in [3.63, 3.8) is 0 Å². The first-order valence-electron chi connectivity index (χ1n) is 8.66. The van der Waals surface area contributed by atoms with Crippen molar-refractivity contribution in [1.82, 2.24) is 4.90 Å². The number of benzene rings is 2. The molecule has 0 N–H and O–H groups in total. The van der Waals surface area contributed by atoms with Gasteiger partial charge in [0.15, 0.2) is 0 Å². The Kier molecular flexibility index (Phi) is 5.39. The molecule has 0 unspecified atom stereocenters. The van der Waals surface area contributed by atoms with Gasteiger partial charge in [-0.1, -0.05) is 38.0 Å². The molecule has 0 aromatic heterocycles. The van der Waals surface area contributed by atoms with Crippen LogP contribution < -0.4 is 9.64 Å². The van der Waals surface area contributed by atoms with Gasteiger partial charge in [-0.25, -0.2) is 0 Å². The summed E-state index contributed by atoms with van der Waals surface area (Å²) >= 11 is 0. The van der Waals surface area contributed by atoms with Gasteiger partial charge in [0.05, 0.1) is 6.61 Å². The minimum atomic E-state index is 0.775. The van der Waals surface area contributed by atoms with Crippen molar-refractivity contribution in [1.29, 1.82) is 0 Å². The van der Waals surface area contributed by atoms with Gasteiger partial charge in [0, 0.05) is 37.3 Å². The van der Waals surface area contributed by atoms with Crippen molar-refractivity contribution in [2.75, 3.05) is 44.7 Å². The predicted molar refractivity (Wildman–Crippen MR) is 98.4 cm³/mol. The molecule has 3 rings (SSSR count). The summed E-state index contributed by atoms with van der Waals surface area (Å²) in [7, 11) is 2.19. The van der Waals surface area contributed by atoms with E-state index in [-0.39, 0.29) is 0 Å². The minimum absolute atomic E-state index is 0.775. The molecule has 1 radical (unpaired) electrons. The molecule has 3 heteroatoms. The summed E-state index contributed by atoms with van der Waals surface area (Å²) in [6.07, 6.45) is 3.18. The Morgan fingerprint density at radius 1 is 1.04 bits per heavy atom. The van der Waals surface area contributed by atoms with Gasteiger partial charge in [-0.05, 0) is 37.1 Å². The van der Waals surface area contributed by atoms with Crippen LogP contribution in [0.3, 0.4) is 0 Å². The average molecular weight is 311 g/mol. The van der Waals surface area contributed by atoms with Crippen LogP contribution in [0.5, 0.6) is 5.75 Å². The molecule has 1 heterocycles. The van der Waals surface area contributed by atoms with Gasteiger partial charge < -0.3 is 14.5 Å². The molecule has 0 bridgehead atoms. The van der Waals surface area contributed by atoms with Gasteiger partial charge >= 0.3 is 0 Å². The van der Waals surface area contributed by atoms with E-state index in [9.17, 15) is 0 Å². The smallest absolute Gasteiger partial charge is 0.120 e. The van der Waals surface area contributed by atoms with E-state index in [1.54, 1.807) is 0 Å². The first-order chi connectivity index (χ1) is 11.3. The first-order valence-corrected chi connectivity index (χ1v) is 8.66. The highest BCUT2D eigenvalue weighted by atomic mass is 16.5. The van der Waals surface area contributed by atoms with Crippen molar-refractivity contribution < 1.29 is 4.74 Å². The van der Waals surface area contributed by atoms with E-state index in [4.69, 9.17) is 4.74 Å². The second-order valence-corrected chi connectivity index (χ2v) is 6.36. The molecule has 1 aliphatic heterocycles. The van der Waals surface area contributed by atoms with E-state index < -0.39 is 0 Å². The fourth-order valence-electron chi connectivity index (χ4n) is 3.12. The zero-order chi connectivity index (χ0) is 16.1. The fourth-order valence-corrected chi connectivity index (χ4v) is 3.12. The summed E-state index contributed by atoms with van der Waals surface area (Å²) in [6, 6.07) is 13.0. The lowest BCUT2D eigenvalue weighted by Crippen LogP contribution is -2.44. The van der Waals surface area contributed by atoms with Crippen LogP contribution in [0.1, 0.15) is 19.3 Å². The highest BCUT2D eigenvalue weighted by molar-refractivity contribution is 5.95. The van der Waals surface area contributed by atoms with Gasteiger partial charge in [0.1, 0.15) is 5.75 Å². The number of fused-ring (bicyclic) bond motifs is 1. The standard InChI is InChI=1S/C20H27N2O/c1-3-4-5-15-23-18-10-9-17-7-6-8-20(19(17)16-18)22-13-11-21(2)12-14-22/h6-10,16H,1,3-5,11-15H2,2H3. The van der Waals surface area contributed by atoms with Crippen LogP contribution in [0.4, 0.5) is 5.69 Å². The number of anilines is 1. The van der Waals surface area contributed by atoms with Crippen LogP contribution in [0.2, 0.25) is 0 Å². The third-order valence-electron chi connectivity index (χ3n) is 4.59. The van der Waals surface area contributed by atoms with Gasteiger partial charge in [0.2, 0.25) is 0 Å². The van der Waals surface area contributed by atoms with Crippen molar-refractivity contribution in [2.45, 2.75) is 19.3 Å². The Balaban J connectivity index is 1.80. The van der Waals surface area contributed by atoms with E-state index in [1.165, 1.54) is 16.5 Å². The van der Waals surface area contributed by atoms with E-state index in [2.05, 4.69) is 60.2 Å². The Labute approximate surface area is 139 Å². The van der Waals surface area contributed by atoms with E-state index in [1.807, 2.05) is 0 Å². The number of unbranched alkanes of at least 4 members (excludes halogenated alkanes) is 2. The topological polar surface area (TPSA) is 15.7 Å². The second-order valence-electron chi connectivity index (χ2n) is 6.36. The van der Waals surface area contributed by atoms with Gasteiger partial charge in [-0.3, -0.25) is 0 Å². The number of nitrogens with zero attached hydrogens (tertiary/aromatic N) is 2. The Morgan fingerprint density at radius 3 is 2.65 bits per heavy atom. The molecule has 3 nitrogen and oxygen atoms in total. The molecule has 1 aliphatic rings. The summed E-state index contributed by atoms with van der Waals surface area (Å²) in [4.78, 5) is 4.88. The second kappa shape index (κ2) is 7.69. The normalized spacial score (nSPS) is 16.0. The zero-order valence-corrected chi connectivity index (χ0v) is 14.1. The number of likely N-dealkylation sites (N-methyl/N-ethyl adjacent to an activating group) is 1. The Bertz CT molecular complexity index is 633. The van der Waals surface area contributed by atoms with Crippen molar-refractivity contribution >= 4 is 16.5 Å². The molecule has 2 aromatic rings. The van der Waals surface area contributed by atoms with E-state index in [0.717, 1.165) is 57.8 Å². The molecular formula is C20H27N2O. The van der Waals surface area contributed by atoms with E-state index >= 15 is 0 Å². The lowest BCUT2D eigenvalue weighted by molar-refractivity contribution is 0.307. The number of hydrogen-bond acceptors (Lipinski definition) is 3. The van der Waals surface area contributed by atoms with Crippen LogP contribution in [0.15, 0.2) is 36.4 Å². The maximum absolute atomic E-state index is 5.92. The lowest BCUT2D eigenvalue weighted by atomic mass is 10.1. The maximum Gasteiger partial charge on any atom is 0.120 e. The lowest BCUT2D eigenvalue weighted by Gasteiger charge is -2.34. The van der Waals surface area contributed by atoms with Crippen molar-refractivity contribution in [2.24, 2.45) is 0 Å². The number of hydrogen-bond donors (Lipinski definition) is 0. The largest absolute Gasteiger partial charge is 0.494 e. The Morgan fingerprint density at radius 2 is 1.87 bits per heavy atom. The van der Waals surface area contributed by atoms with Crippen LogP contribution in [0, 0.1) is 6.92 Å². The maximum atomic E-state index is 5.92. The van der Waals surface area contributed by atoms with Crippen LogP contribution in [0.25, 0.3) is 10.8 Å². The van der Waals surface area contributed by atoms with Gasteiger partial charge in [0.25, 0.3) is 0 Å². The molecule has 0 saturated carbocycles. The minimum Gasteiger partial charge on any atom is -0.494 e. The van der Waals surface area contributed by atoms with Crippen molar-refractivity contribution in [3.8, 4) is 5.75 Å². The summed E-state index contributed by atoms with van der Waals surface area (Å²) in [5.41, 5.74) is 1.33. The summed E-state index contributed by atoms with van der Waals surface area (Å²) in [5, 5.41) is 2.58. The molecule has 0 atom stereocenters. The van der Waals surface area contributed by atoms with Gasteiger partial charge in [-0.2, -0.15) is 0 Å². The quantitative estimate of drug-likeness (QED) is 0.751. The molecule has 2 aromatic carbocycles. The summed E-state index contributed by atoms with van der Waals surface area (Å²) < 4.78 is 5.92. The first kappa shape index (κ1) is 16.1. The Hall–Kier alpha value is -1.74. The highest BCUT2D eigenvalue weighted by Gasteiger charge is 2.16. The number of ether oxygens (including phenoxy) is 1. The number of rotatable bonds is 6. The SMILES string of the molecule is [CH2]CCCCOc1ccc2cccc(N3CCN(C)CC3)c2c1. The summed E-state index contributed by atoms with van der Waals surface area (Å²) in [6.45, 7) is 9.07. The molecule has 0 aliphatic carbocycles. The molecule has 123 valence electrons. The van der Waals surface area contributed by atoms with Crippen LogP contribution in [-0.2, 0) is 0 Å². The van der Waals surface area contributed by atoms with E-state index in [0.29, 0.717) is 0 Å². The zero-order valence-electron chi connectivity index (χ0n) is 14.1.